The van der Waals surface area contributed by atoms with Gasteiger partial charge in [-0.15, -0.1) is 0 Å². The van der Waals surface area contributed by atoms with Crippen molar-refractivity contribution < 1.29 is 9.15 Å². The lowest BCUT2D eigenvalue weighted by Crippen LogP contribution is -1.94. The first-order chi connectivity index (χ1) is 14.7. The summed E-state index contributed by atoms with van der Waals surface area (Å²) in [6, 6.07) is 19.4. The highest BCUT2D eigenvalue weighted by atomic mass is 16.5. The number of aromatic nitrogens is 3. The summed E-state index contributed by atoms with van der Waals surface area (Å²) in [5.74, 6) is 1.36. The van der Waals surface area contributed by atoms with E-state index < -0.39 is 0 Å². The molecule has 0 aliphatic rings. The summed E-state index contributed by atoms with van der Waals surface area (Å²) in [5, 5.41) is 18.1. The van der Waals surface area contributed by atoms with Crippen LogP contribution >= 0.6 is 0 Å². The van der Waals surface area contributed by atoms with E-state index in [1.807, 2.05) is 66.9 Å². The highest BCUT2D eigenvalue weighted by Gasteiger charge is 2.12. The number of rotatable bonds is 6. The fourth-order valence-corrected chi connectivity index (χ4v) is 2.91. The average molecular weight is 398 g/mol. The first kappa shape index (κ1) is 19.0. The number of hydrogen-bond acceptors (Lipinski definition) is 7. The molecule has 8 nitrogen and oxygen atoms in total. The number of aryl methyl sites for hydroxylation is 1. The molecule has 0 saturated carbocycles. The van der Waals surface area contributed by atoms with Gasteiger partial charge in [0.05, 0.1) is 19.0 Å². The molecule has 4 aromatic rings. The van der Waals surface area contributed by atoms with Crippen LogP contribution in [0.5, 0.6) is 5.75 Å². The Labute approximate surface area is 173 Å². The van der Waals surface area contributed by atoms with Crippen molar-refractivity contribution in [2.24, 2.45) is 5.10 Å². The molecule has 8 heteroatoms. The Morgan fingerprint density at radius 1 is 1.17 bits per heavy atom. The largest absolute Gasteiger partial charge is 0.497 e. The minimum absolute atomic E-state index is 0.153. The lowest BCUT2D eigenvalue weighted by molar-refractivity contribution is 0.415. The topological polar surface area (TPSA) is 101 Å². The molecule has 0 fully saturated rings. The lowest BCUT2D eigenvalue weighted by Gasteiger charge is -2.02. The van der Waals surface area contributed by atoms with Crippen molar-refractivity contribution in [3.63, 3.8) is 0 Å². The normalized spacial score (nSPS) is 10.8. The summed E-state index contributed by atoms with van der Waals surface area (Å²) in [6.07, 6.45) is 3.52. The number of ether oxygens (including phenoxy) is 1. The Balaban J connectivity index is 1.69. The van der Waals surface area contributed by atoms with Crippen LogP contribution in [0.1, 0.15) is 17.1 Å². The smallest absolute Gasteiger partial charge is 0.252 e. The van der Waals surface area contributed by atoms with Crippen molar-refractivity contribution in [3.8, 4) is 28.8 Å². The van der Waals surface area contributed by atoms with Gasteiger partial charge in [0.1, 0.15) is 17.5 Å². The first-order valence-electron chi connectivity index (χ1n) is 9.14. The van der Waals surface area contributed by atoms with Crippen LogP contribution in [0.4, 0.5) is 5.88 Å². The number of anilines is 1. The van der Waals surface area contributed by atoms with Gasteiger partial charge in [0, 0.05) is 24.2 Å². The van der Waals surface area contributed by atoms with Gasteiger partial charge in [0.25, 0.3) is 5.88 Å². The van der Waals surface area contributed by atoms with Crippen LogP contribution in [0.3, 0.4) is 0 Å². The van der Waals surface area contributed by atoms with Gasteiger partial charge in [0.15, 0.2) is 5.89 Å². The third-order valence-electron chi connectivity index (χ3n) is 4.34. The lowest BCUT2D eigenvalue weighted by atomic mass is 10.1. The molecule has 0 radical (unpaired) electrons. The molecule has 0 spiro atoms. The fraction of sp³-hybridized carbons (Fsp3) is 0.0909. The number of hydrogen-bond donors (Lipinski definition) is 1. The Bertz CT molecular complexity index is 1220. The molecule has 0 atom stereocenters. The summed E-state index contributed by atoms with van der Waals surface area (Å²) in [5.41, 5.74) is 6.27. The predicted octanol–water partition coefficient (Wildman–Crippen LogP) is 4.16. The van der Waals surface area contributed by atoms with Crippen molar-refractivity contribution >= 4 is 12.1 Å². The van der Waals surface area contributed by atoms with Gasteiger partial charge in [-0.1, -0.05) is 18.2 Å². The number of methoxy groups -OCH3 is 1. The maximum absolute atomic E-state index is 9.13. The van der Waals surface area contributed by atoms with E-state index in [1.165, 1.54) is 0 Å². The van der Waals surface area contributed by atoms with Gasteiger partial charge >= 0.3 is 0 Å². The van der Waals surface area contributed by atoms with E-state index in [4.69, 9.17) is 19.5 Å². The molecule has 4 rings (SSSR count). The summed E-state index contributed by atoms with van der Waals surface area (Å²) in [6.45, 7) is 1.67. The second kappa shape index (κ2) is 8.32. The monoisotopic (exact) mass is 398 g/mol. The third-order valence-corrected chi connectivity index (χ3v) is 4.34. The van der Waals surface area contributed by atoms with E-state index in [0.717, 1.165) is 28.3 Å². The van der Waals surface area contributed by atoms with Gasteiger partial charge in [0.2, 0.25) is 5.69 Å². The minimum Gasteiger partial charge on any atom is -0.497 e. The van der Waals surface area contributed by atoms with Crippen molar-refractivity contribution in [1.29, 1.82) is 5.26 Å². The number of hydrazone groups is 1. The highest BCUT2D eigenvalue weighted by molar-refractivity contribution is 5.89. The quantitative estimate of drug-likeness (QED) is 0.386. The van der Waals surface area contributed by atoms with Crippen LogP contribution in [-0.4, -0.2) is 28.1 Å². The standard InChI is InChI=1S/C22H18N6O2/c1-15-25-20(12-23)22(30-15)26-24-13-17-14-28(18-6-4-3-5-7-18)27-21(17)16-8-10-19(29-2)11-9-16/h3-11,13-14,26H,1-2H3/b24-13+. The molecular formula is C22H18N6O2. The van der Waals surface area contributed by atoms with Crippen LogP contribution in [0.15, 0.2) is 70.3 Å². The second-order valence-electron chi connectivity index (χ2n) is 6.33. The molecule has 2 heterocycles. The maximum atomic E-state index is 9.13. The number of oxazole rings is 1. The summed E-state index contributed by atoms with van der Waals surface area (Å²) < 4.78 is 12.4. The van der Waals surface area contributed by atoms with Gasteiger partial charge in [-0.3, -0.25) is 0 Å². The first-order valence-corrected chi connectivity index (χ1v) is 9.14. The predicted molar refractivity (Wildman–Crippen MR) is 113 cm³/mol. The van der Waals surface area contributed by atoms with Gasteiger partial charge < -0.3 is 9.15 Å². The fourth-order valence-electron chi connectivity index (χ4n) is 2.91. The van der Waals surface area contributed by atoms with E-state index in [-0.39, 0.29) is 11.6 Å². The number of nitrogens with one attached hydrogen (secondary N) is 1. The highest BCUT2D eigenvalue weighted by Crippen LogP contribution is 2.25. The number of nitriles is 1. The molecule has 0 aliphatic heterocycles. The van der Waals surface area contributed by atoms with Crippen molar-refractivity contribution in [3.05, 3.63) is 77.9 Å². The number of benzene rings is 2. The maximum Gasteiger partial charge on any atom is 0.252 e. The van der Waals surface area contributed by atoms with Crippen molar-refractivity contribution in [1.82, 2.24) is 14.8 Å². The summed E-state index contributed by atoms with van der Waals surface area (Å²) in [4.78, 5) is 3.99. The molecule has 1 N–H and O–H groups in total. The summed E-state index contributed by atoms with van der Waals surface area (Å²) in [7, 11) is 1.63. The Hall–Kier alpha value is -4.38. The van der Waals surface area contributed by atoms with Crippen molar-refractivity contribution in [2.75, 3.05) is 12.5 Å². The van der Waals surface area contributed by atoms with Crippen LogP contribution in [0.25, 0.3) is 16.9 Å². The molecule has 30 heavy (non-hydrogen) atoms. The molecule has 0 amide bonds. The molecule has 0 aliphatic carbocycles. The Kier molecular flexibility index (Phi) is 5.26. The molecule has 2 aromatic carbocycles. The van der Waals surface area contributed by atoms with E-state index in [2.05, 4.69) is 15.5 Å². The molecular weight excluding hydrogens is 380 g/mol. The van der Waals surface area contributed by atoms with Gasteiger partial charge in [-0.2, -0.15) is 15.5 Å². The third kappa shape index (κ3) is 3.91. The van der Waals surface area contributed by atoms with Crippen molar-refractivity contribution in [2.45, 2.75) is 6.92 Å². The van der Waals surface area contributed by atoms with Gasteiger partial charge in [-0.25, -0.2) is 15.1 Å². The SMILES string of the molecule is COc1ccc(-c2nn(-c3ccccc3)cc2/C=N/Nc2oc(C)nc2C#N)cc1. The van der Waals surface area contributed by atoms with Crippen LogP contribution in [0.2, 0.25) is 0 Å². The Morgan fingerprint density at radius 3 is 2.63 bits per heavy atom. The zero-order valence-electron chi connectivity index (χ0n) is 16.4. The minimum atomic E-state index is 0.153. The van der Waals surface area contributed by atoms with E-state index in [0.29, 0.717) is 5.89 Å². The molecule has 0 bridgehead atoms. The van der Waals surface area contributed by atoms with Crippen LogP contribution < -0.4 is 10.2 Å². The number of nitrogens with zero attached hydrogens (tertiary/aromatic N) is 5. The zero-order chi connectivity index (χ0) is 20.9. The molecule has 2 aromatic heterocycles. The molecule has 0 unspecified atom stereocenters. The van der Waals surface area contributed by atoms with E-state index in [1.54, 1.807) is 24.9 Å². The molecule has 148 valence electrons. The van der Waals surface area contributed by atoms with E-state index in [9.17, 15) is 0 Å². The number of para-hydroxylation sites is 1. The van der Waals surface area contributed by atoms with E-state index >= 15 is 0 Å². The van der Waals surface area contributed by atoms with Gasteiger partial charge in [-0.05, 0) is 36.4 Å². The van der Waals surface area contributed by atoms with Crippen LogP contribution in [-0.2, 0) is 0 Å². The Morgan fingerprint density at radius 2 is 1.93 bits per heavy atom. The van der Waals surface area contributed by atoms with Crippen LogP contribution in [0, 0.1) is 18.3 Å². The average Bonchev–Trinajstić information content (AvgIpc) is 3.37. The molecule has 0 saturated heterocycles. The summed E-state index contributed by atoms with van der Waals surface area (Å²) >= 11 is 0. The second-order valence-corrected chi connectivity index (χ2v) is 6.33. The zero-order valence-corrected chi connectivity index (χ0v) is 16.4.